The molecule has 2 rings (SSSR count). The summed E-state index contributed by atoms with van der Waals surface area (Å²) in [5, 5.41) is 12.4. The predicted molar refractivity (Wildman–Crippen MR) is 92.8 cm³/mol. The zero-order valence-corrected chi connectivity index (χ0v) is 14.5. The molecule has 0 fully saturated rings. The van der Waals surface area contributed by atoms with Gasteiger partial charge in [0.05, 0.1) is 18.4 Å². The van der Waals surface area contributed by atoms with E-state index < -0.39 is 5.97 Å². The van der Waals surface area contributed by atoms with E-state index in [0.29, 0.717) is 18.8 Å². The molecule has 2 N–H and O–H groups in total. The van der Waals surface area contributed by atoms with Crippen molar-refractivity contribution in [2.75, 3.05) is 25.6 Å². The zero-order valence-electron chi connectivity index (χ0n) is 12.9. The van der Waals surface area contributed by atoms with E-state index in [2.05, 4.69) is 21.2 Å². The maximum absolute atomic E-state index is 11.3. The van der Waals surface area contributed by atoms with Gasteiger partial charge in [0.15, 0.2) is 0 Å². The Morgan fingerprint density at radius 2 is 1.87 bits per heavy atom. The Morgan fingerprint density at radius 1 is 1.22 bits per heavy atom. The van der Waals surface area contributed by atoms with Crippen LogP contribution in [-0.4, -0.2) is 31.3 Å². The summed E-state index contributed by atoms with van der Waals surface area (Å²) in [5.74, 6) is 0.534. The van der Waals surface area contributed by atoms with E-state index in [1.54, 1.807) is 13.2 Å². The number of carboxylic acid groups (broad SMARTS) is 1. The molecule has 0 aromatic heterocycles. The Morgan fingerprint density at radius 3 is 2.48 bits per heavy atom. The number of halogens is 1. The van der Waals surface area contributed by atoms with Gasteiger partial charge < -0.3 is 19.9 Å². The van der Waals surface area contributed by atoms with Crippen LogP contribution in [-0.2, 0) is 0 Å². The Bertz CT molecular complexity index is 686. The number of hydrogen-bond donors (Lipinski definition) is 2. The summed E-state index contributed by atoms with van der Waals surface area (Å²) < 4.78 is 11.4. The Labute approximate surface area is 143 Å². The first-order valence-corrected chi connectivity index (χ1v) is 7.84. The highest BCUT2D eigenvalue weighted by atomic mass is 79.9. The van der Waals surface area contributed by atoms with Crippen molar-refractivity contribution in [3.63, 3.8) is 0 Å². The van der Waals surface area contributed by atoms with Crippen LogP contribution >= 0.6 is 15.9 Å². The van der Waals surface area contributed by atoms with Crippen molar-refractivity contribution in [1.82, 2.24) is 0 Å². The smallest absolute Gasteiger partial charge is 0.337 e. The van der Waals surface area contributed by atoms with Gasteiger partial charge in [-0.3, -0.25) is 0 Å². The van der Waals surface area contributed by atoms with E-state index in [1.165, 1.54) is 0 Å². The minimum atomic E-state index is -0.965. The number of rotatable bonds is 7. The van der Waals surface area contributed by atoms with Gasteiger partial charge in [0.25, 0.3) is 0 Å². The molecule has 0 saturated heterocycles. The van der Waals surface area contributed by atoms with Gasteiger partial charge in [0, 0.05) is 11.0 Å². The van der Waals surface area contributed by atoms with Crippen LogP contribution in [0, 0.1) is 6.92 Å². The van der Waals surface area contributed by atoms with Crippen LogP contribution in [0.2, 0.25) is 0 Å². The van der Waals surface area contributed by atoms with Crippen molar-refractivity contribution in [2.45, 2.75) is 6.92 Å². The third-order valence-electron chi connectivity index (χ3n) is 3.20. The lowest BCUT2D eigenvalue weighted by Crippen LogP contribution is -2.14. The van der Waals surface area contributed by atoms with Crippen molar-refractivity contribution in [3.05, 3.63) is 52.0 Å². The number of anilines is 1. The van der Waals surface area contributed by atoms with Crippen molar-refractivity contribution < 1.29 is 19.4 Å². The van der Waals surface area contributed by atoms with E-state index in [1.807, 2.05) is 37.3 Å². The number of ether oxygens (including phenoxy) is 2. The average molecular weight is 380 g/mol. The van der Waals surface area contributed by atoms with Gasteiger partial charge in [0.2, 0.25) is 0 Å². The lowest BCUT2D eigenvalue weighted by Gasteiger charge is -2.13. The Balaban J connectivity index is 1.94. The molecule has 122 valence electrons. The second-order valence-corrected chi connectivity index (χ2v) is 5.78. The van der Waals surface area contributed by atoms with Crippen LogP contribution in [0.1, 0.15) is 15.9 Å². The molecule has 0 aliphatic heterocycles. The number of aromatic carboxylic acids is 1. The van der Waals surface area contributed by atoms with Gasteiger partial charge in [-0.1, -0.05) is 0 Å². The van der Waals surface area contributed by atoms with Crippen LogP contribution in [0.25, 0.3) is 0 Å². The van der Waals surface area contributed by atoms with Gasteiger partial charge in [0.1, 0.15) is 18.1 Å². The molecular weight excluding hydrogens is 362 g/mol. The average Bonchev–Trinajstić information content (AvgIpc) is 2.53. The van der Waals surface area contributed by atoms with E-state index >= 15 is 0 Å². The van der Waals surface area contributed by atoms with E-state index in [9.17, 15) is 9.90 Å². The third kappa shape index (κ3) is 4.63. The fourth-order valence-corrected chi connectivity index (χ4v) is 2.82. The minimum Gasteiger partial charge on any atom is -0.497 e. The second-order valence-electron chi connectivity index (χ2n) is 4.93. The van der Waals surface area contributed by atoms with Crippen molar-refractivity contribution >= 4 is 27.6 Å². The summed E-state index contributed by atoms with van der Waals surface area (Å²) in [6, 6.07) is 10.8. The van der Waals surface area contributed by atoms with Gasteiger partial charge in [-0.2, -0.15) is 0 Å². The van der Waals surface area contributed by atoms with Crippen molar-refractivity contribution in [3.8, 4) is 11.5 Å². The third-order valence-corrected chi connectivity index (χ3v) is 3.82. The van der Waals surface area contributed by atoms with Gasteiger partial charge >= 0.3 is 5.97 Å². The topological polar surface area (TPSA) is 67.8 Å². The molecule has 0 aliphatic carbocycles. The standard InChI is InChI=1S/C17H18BrNO4/c1-11-9-14(17(20)21)16(15(18)10-11)19-7-8-23-13-5-3-12(22-2)4-6-13/h3-6,9-10,19H,7-8H2,1-2H3,(H,20,21). The summed E-state index contributed by atoms with van der Waals surface area (Å²) in [6.45, 7) is 2.74. The maximum atomic E-state index is 11.3. The highest BCUT2D eigenvalue weighted by Gasteiger charge is 2.13. The SMILES string of the molecule is COc1ccc(OCCNc2c(Br)cc(C)cc2C(=O)O)cc1. The molecular formula is C17H18BrNO4. The first-order chi connectivity index (χ1) is 11.0. The number of methoxy groups -OCH3 is 1. The van der Waals surface area contributed by atoms with E-state index in [0.717, 1.165) is 21.5 Å². The Hall–Kier alpha value is -2.21. The van der Waals surface area contributed by atoms with Crippen LogP contribution in [0.5, 0.6) is 11.5 Å². The second kappa shape index (κ2) is 7.87. The molecule has 0 heterocycles. The van der Waals surface area contributed by atoms with E-state index in [-0.39, 0.29) is 5.56 Å². The van der Waals surface area contributed by atoms with Crippen LogP contribution in [0.3, 0.4) is 0 Å². The van der Waals surface area contributed by atoms with E-state index in [4.69, 9.17) is 9.47 Å². The molecule has 0 amide bonds. The van der Waals surface area contributed by atoms with Gasteiger partial charge in [-0.05, 0) is 64.8 Å². The molecule has 0 atom stereocenters. The number of benzene rings is 2. The molecule has 2 aromatic rings. The lowest BCUT2D eigenvalue weighted by molar-refractivity contribution is 0.0697. The monoisotopic (exact) mass is 379 g/mol. The largest absolute Gasteiger partial charge is 0.497 e. The van der Waals surface area contributed by atoms with Crippen molar-refractivity contribution in [1.29, 1.82) is 0 Å². The summed E-state index contributed by atoms with van der Waals surface area (Å²) in [5.41, 5.74) is 1.68. The molecule has 5 nitrogen and oxygen atoms in total. The lowest BCUT2D eigenvalue weighted by atomic mass is 10.1. The highest BCUT2D eigenvalue weighted by molar-refractivity contribution is 9.10. The maximum Gasteiger partial charge on any atom is 0.337 e. The number of hydrogen-bond acceptors (Lipinski definition) is 4. The van der Waals surface area contributed by atoms with Crippen LogP contribution in [0.15, 0.2) is 40.9 Å². The normalized spacial score (nSPS) is 10.2. The van der Waals surface area contributed by atoms with Crippen LogP contribution in [0.4, 0.5) is 5.69 Å². The van der Waals surface area contributed by atoms with Gasteiger partial charge in [-0.25, -0.2) is 4.79 Å². The molecule has 2 aromatic carbocycles. The number of aryl methyl sites for hydroxylation is 1. The summed E-state index contributed by atoms with van der Waals surface area (Å²) in [7, 11) is 1.61. The minimum absolute atomic E-state index is 0.237. The fourth-order valence-electron chi connectivity index (χ4n) is 2.11. The fraction of sp³-hybridized carbons (Fsp3) is 0.235. The summed E-state index contributed by atoms with van der Waals surface area (Å²) >= 11 is 3.40. The highest BCUT2D eigenvalue weighted by Crippen LogP contribution is 2.28. The number of nitrogens with one attached hydrogen (secondary N) is 1. The molecule has 0 aliphatic rings. The van der Waals surface area contributed by atoms with Crippen LogP contribution < -0.4 is 14.8 Å². The molecule has 23 heavy (non-hydrogen) atoms. The number of carbonyl (C=O) groups is 1. The Kier molecular flexibility index (Phi) is 5.87. The molecule has 6 heteroatoms. The predicted octanol–water partition coefficient (Wildman–Crippen LogP) is 3.96. The molecule has 0 saturated carbocycles. The molecule has 0 unspecified atom stereocenters. The molecule has 0 spiro atoms. The summed E-state index contributed by atoms with van der Waals surface area (Å²) in [6.07, 6.45) is 0. The van der Waals surface area contributed by atoms with Crippen molar-refractivity contribution in [2.24, 2.45) is 0 Å². The molecule has 0 bridgehead atoms. The van der Waals surface area contributed by atoms with Gasteiger partial charge in [-0.15, -0.1) is 0 Å². The summed E-state index contributed by atoms with van der Waals surface area (Å²) in [4.78, 5) is 11.3. The number of carboxylic acids is 1. The zero-order chi connectivity index (χ0) is 16.8. The molecule has 0 radical (unpaired) electrons. The first kappa shape index (κ1) is 17.1. The quantitative estimate of drug-likeness (QED) is 0.712. The first-order valence-electron chi connectivity index (χ1n) is 7.05.